The van der Waals surface area contributed by atoms with Gasteiger partial charge in [-0.15, -0.1) is 11.3 Å². The lowest BCUT2D eigenvalue weighted by Gasteiger charge is -2.04. The molecule has 0 bridgehead atoms. The molecule has 0 radical (unpaired) electrons. The third kappa shape index (κ3) is 3.21. The summed E-state index contributed by atoms with van der Waals surface area (Å²) in [6, 6.07) is 17.8. The van der Waals surface area contributed by atoms with E-state index in [-0.39, 0.29) is 0 Å². The molecule has 3 aromatic rings. The Balaban J connectivity index is 2.14. The van der Waals surface area contributed by atoms with Gasteiger partial charge in [-0.05, 0) is 29.8 Å². The van der Waals surface area contributed by atoms with Crippen LogP contribution in [0.3, 0.4) is 0 Å². The van der Waals surface area contributed by atoms with Crippen LogP contribution >= 0.6 is 27.3 Å². The molecule has 0 atom stereocenters. The Morgan fingerprint density at radius 3 is 2.45 bits per heavy atom. The molecule has 1 aromatic heterocycles. The highest BCUT2D eigenvalue weighted by Gasteiger charge is 2.06. The number of aliphatic hydroxyl groups excluding tert-OH is 1. The molecule has 3 nitrogen and oxygen atoms in total. The monoisotopic (exact) mass is 372 g/mol. The van der Waals surface area contributed by atoms with Gasteiger partial charge in [0.25, 0.3) is 0 Å². The molecular weight excluding hydrogens is 360 g/mol. The van der Waals surface area contributed by atoms with Crippen LogP contribution < -0.4 is 4.80 Å². The summed E-state index contributed by atoms with van der Waals surface area (Å²) >= 11 is 4.97. The average molecular weight is 373 g/mol. The maximum absolute atomic E-state index is 9.20. The molecule has 0 fully saturated rings. The molecule has 0 saturated carbocycles. The highest BCUT2D eigenvalue weighted by Crippen LogP contribution is 2.23. The average Bonchev–Trinajstić information content (AvgIpc) is 2.92. The van der Waals surface area contributed by atoms with Gasteiger partial charge in [-0.3, -0.25) is 4.57 Å². The van der Waals surface area contributed by atoms with Gasteiger partial charge in [-0.25, -0.2) is 4.99 Å². The summed E-state index contributed by atoms with van der Waals surface area (Å²) in [5, 5.41) is 11.2. The number of hydrogen-bond acceptors (Lipinski definition) is 3. The molecule has 0 aliphatic carbocycles. The molecule has 0 amide bonds. The second-order valence-electron chi connectivity index (χ2n) is 4.53. The minimum absolute atomic E-state index is 0.800. The topological polar surface area (TPSA) is 37.5 Å². The summed E-state index contributed by atoms with van der Waals surface area (Å²) < 4.78 is 2.91. The summed E-state index contributed by atoms with van der Waals surface area (Å²) in [6.45, 7) is 0. The molecule has 22 heavy (non-hydrogen) atoms. The van der Waals surface area contributed by atoms with Crippen molar-refractivity contribution in [1.82, 2.24) is 4.57 Å². The van der Waals surface area contributed by atoms with E-state index in [2.05, 4.69) is 20.9 Å². The SMILES string of the molecule is O/C=C/n1c(-c2ccc(Br)cc2)csc1=Nc1ccccc1. The Kier molecular flexibility index (Phi) is 4.56. The van der Waals surface area contributed by atoms with Crippen LogP contribution in [0.1, 0.15) is 0 Å². The predicted octanol–water partition coefficient (Wildman–Crippen LogP) is 5.20. The number of benzene rings is 2. The zero-order valence-corrected chi connectivity index (χ0v) is 14.0. The van der Waals surface area contributed by atoms with E-state index in [9.17, 15) is 5.11 Å². The normalized spacial score (nSPS) is 12.1. The molecule has 0 aliphatic rings. The van der Waals surface area contributed by atoms with Crippen LogP contribution in [-0.2, 0) is 0 Å². The van der Waals surface area contributed by atoms with E-state index >= 15 is 0 Å². The van der Waals surface area contributed by atoms with Gasteiger partial charge in [0.2, 0.25) is 0 Å². The van der Waals surface area contributed by atoms with Crippen molar-refractivity contribution in [2.24, 2.45) is 4.99 Å². The molecule has 3 rings (SSSR count). The largest absolute Gasteiger partial charge is 0.514 e. The van der Waals surface area contributed by atoms with Crippen LogP contribution in [0, 0.1) is 0 Å². The van der Waals surface area contributed by atoms with Crippen molar-refractivity contribution >= 4 is 39.2 Å². The summed E-state index contributed by atoms with van der Waals surface area (Å²) in [5.74, 6) is 0. The fraction of sp³-hybridized carbons (Fsp3) is 0. The number of aromatic nitrogens is 1. The highest BCUT2D eigenvalue weighted by molar-refractivity contribution is 9.10. The van der Waals surface area contributed by atoms with Crippen LogP contribution in [0.25, 0.3) is 17.5 Å². The Labute approximate surface area is 140 Å². The van der Waals surface area contributed by atoms with Gasteiger partial charge in [0.15, 0.2) is 4.80 Å². The second kappa shape index (κ2) is 6.77. The Morgan fingerprint density at radius 1 is 1.05 bits per heavy atom. The first-order chi connectivity index (χ1) is 10.8. The lowest BCUT2D eigenvalue weighted by Crippen LogP contribution is -2.09. The van der Waals surface area contributed by atoms with Crippen molar-refractivity contribution in [2.45, 2.75) is 0 Å². The molecule has 0 saturated heterocycles. The Bertz CT molecular complexity index is 848. The van der Waals surface area contributed by atoms with Crippen molar-refractivity contribution in [2.75, 3.05) is 0 Å². The first kappa shape index (κ1) is 14.8. The van der Waals surface area contributed by atoms with E-state index in [4.69, 9.17) is 0 Å². The Morgan fingerprint density at radius 2 is 1.77 bits per heavy atom. The van der Waals surface area contributed by atoms with Gasteiger partial charge in [-0.1, -0.05) is 46.3 Å². The molecule has 0 aliphatic heterocycles. The van der Waals surface area contributed by atoms with Gasteiger partial charge >= 0.3 is 0 Å². The highest BCUT2D eigenvalue weighted by atomic mass is 79.9. The lowest BCUT2D eigenvalue weighted by atomic mass is 10.2. The number of nitrogens with zero attached hydrogens (tertiary/aromatic N) is 2. The standard InChI is InChI=1S/C17H13BrN2OS/c18-14-8-6-13(7-9-14)16-12-22-17(20(16)10-11-21)19-15-4-2-1-3-5-15/h1-12,21H/b11-10+,19-17?. The Hall–Kier alpha value is -2.11. The van der Waals surface area contributed by atoms with Crippen molar-refractivity contribution in [3.05, 3.63) is 75.5 Å². The quantitative estimate of drug-likeness (QED) is 0.630. The molecule has 1 N–H and O–H groups in total. The molecular formula is C17H13BrN2OS. The van der Waals surface area contributed by atoms with Crippen molar-refractivity contribution in [3.63, 3.8) is 0 Å². The number of aliphatic hydroxyl groups is 1. The van der Waals surface area contributed by atoms with Crippen LogP contribution in [0.2, 0.25) is 0 Å². The number of halogens is 1. The van der Waals surface area contributed by atoms with Crippen LogP contribution in [0.5, 0.6) is 0 Å². The third-order valence-corrected chi connectivity index (χ3v) is 4.45. The number of thiazole rings is 1. The lowest BCUT2D eigenvalue weighted by molar-refractivity contribution is 0.476. The van der Waals surface area contributed by atoms with E-state index in [0.717, 1.165) is 32.5 Å². The minimum atomic E-state index is 0.800. The maximum Gasteiger partial charge on any atom is 0.194 e. The van der Waals surface area contributed by atoms with E-state index in [1.54, 1.807) is 6.20 Å². The first-order valence-electron chi connectivity index (χ1n) is 6.64. The second-order valence-corrected chi connectivity index (χ2v) is 6.28. The van der Waals surface area contributed by atoms with Crippen LogP contribution in [0.4, 0.5) is 5.69 Å². The molecule has 0 spiro atoms. The minimum Gasteiger partial charge on any atom is -0.514 e. The van der Waals surface area contributed by atoms with Gasteiger partial charge in [-0.2, -0.15) is 0 Å². The number of rotatable bonds is 3. The van der Waals surface area contributed by atoms with Crippen LogP contribution in [-0.4, -0.2) is 9.67 Å². The number of para-hydroxylation sites is 1. The van der Waals surface area contributed by atoms with Gasteiger partial charge in [0.05, 0.1) is 17.6 Å². The first-order valence-corrected chi connectivity index (χ1v) is 8.32. The fourth-order valence-corrected chi connectivity index (χ4v) is 3.22. The van der Waals surface area contributed by atoms with Gasteiger partial charge < -0.3 is 5.11 Å². The predicted molar refractivity (Wildman–Crippen MR) is 95.1 cm³/mol. The smallest absolute Gasteiger partial charge is 0.194 e. The molecule has 2 aromatic carbocycles. The summed E-state index contributed by atoms with van der Waals surface area (Å²) in [5.41, 5.74) is 2.93. The van der Waals surface area contributed by atoms with Crippen molar-refractivity contribution < 1.29 is 5.11 Å². The molecule has 110 valence electrons. The van der Waals surface area contributed by atoms with Gasteiger partial charge in [0, 0.05) is 16.1 Å². The third-order valence-electron chi connectivity index (χ3n) is 3.08. The summed E-state index contributed by atoms with van der Waals surface area (Å²) in [7, 11) is 0. The van der Waals surface area contributed by atoms with E-state index in [1.807, 2.05) is 64.5 Å². The van der Waals surface area contributed by atoms with E-state index < -0.39 is 0 Å². The molecule has 1 heterocycles. The van der Waals surface area contributed by atoms with Crippen LogP contribution in [0.15, 0.2) is 75.7 Å². The molecule has 0 unspecified atom stereocenters. The van der Waals surface area contributed by atoms with E-state index in [1.165, 1.54) is 11.3 Å². The zero-order valence-electron chi connectivity index (χ0n) is 11.6. The van der Waals surface area contributed by atoms with E-state index in [0.29, 0.717) is 0 Å². The number of hydrogen-bond donors (Lipinski definition) is 1. The summed E-state index contributed by atoms with van der Waals surface area (Å²) in [4.78, 5) is 5.43. The van der Waals surface area contributed by atoms with Crippen molar-refractivity contribution in [1.29, 1.82) is 0 Å². The molecule has 5 heteroatoms. The van der Waals surface area contributed by atoms with Gasteiger partial charge in [0.1, 0.15) is 0 Å². The zero-order chi connectivity index (χ0) is 15.4. The van der Waals surface area contributed by atoms with Crippen molar-refractivity contribution in [3.8, 4) is 11.3 Å². The summed E-state index contributed by atoms with van der Waals surface area (Å²) in [6.07, 6.45) is 2.63. The maximum atomic E-state index is 9.20. The fourth-order valence-electron chi connectivity index (χ4n) is 2.06.